The smallest absolute Gasteiger partial charge is 0.320 e. The van der Waals surface area contributed by atoms with E-state index >= 15 is 0 Å². The van der Waals surface area contributed by atoms with Crippen molar-refractivity contribution >= 4 is 45.8 Å². The van der Waals surface area contributed by atoms with Crippen LogP contribution < -0.4 is 10.2 Å². The van der Waals surface area contributed by atoms with Gasteiger partial charge in [-0.3, -0.25) is 14.5 Å². The fourth-order valence-electron chi connectivity index (χ4n) is 2.97. The molecule has 0 saturated carbocycles. The van der Waals surface area contributed by atoms with E-state index in [1.165, 1.54) is 12.1 Å². The van der Waals surface area contributed by atoms with Gasteiger partial charge in [-0.2, -0.15) is 13.2 Å². The number of hydrogen-bond acceptors (Lipinski definition) is 5. The molecule has 2 aliphatic rings. The number of anilines is 2. The molecule has 148 valence electrons. The van der Waals surface area contributed by atoms with E-state index in [4.69, 9.17) is 0 Å². The number of nitrogens with zero attached hydrogens (tertiary/aromatic N) is 3. The first-order valence-corrected chi connectivity index (χ1v) is 9.43. The summed E-state index contributed by atoms with van der Waals surface area (Å²) in [6.45, 7) is 1.87. The summed E-state index contributed by atoms with van der Waals surface area (Å²) < 4.78 is 39.0. The summed E-state index contributed by atoms with van der Waals surface area (Å²) in [6, 6.07) is 9.80. The van der Waals surface area contributed by atoms with Gasteiger partial charge in [-0.25, -0.2) is 0 Å². The van der Waals surface area contributed by atoms with E-state index in [9.17, 15) is 22.8 Å². The molecule has 0 atom stereocenters. The molecule has 0 aliphatic carbocycles. The van der Waals surface area contributed by atoms with Crippen molar-refractivity contribution in [2.75, 3.05) is 16.0 Å². The normalized spacial score (nSPS) is 19.2. The van der Waals surface area contributed by atoms with Crippen molar-refractivity contribution in [1.29, 1.82) is 0 Å². The zero-order valence-electron chi connectivity index (χ0n) is 14.9. The van der Waals surface area contributed by atoms with Gasteiger partial charge in [0.15, 0.2) is 10.9 Å². The Morgan fingerprint density at radius 1 is 1.10 bits per heavy atom. The van der Waals surface area contributed by atoms with Crippen molar-refractivity contribution < 1.29 is 22.8 Å². The quantitative estimate of drug-likeness (QED) is 0.754. The van der Waals surface area contributed by atoms with Crippen LogP contribution in [0.25, 0.3) is 0 Å². The third-order valence-corrected chi connectivity index (χ3v) is 5.24. The summed E-state index contributed by atoms with van der Waals surface area (Å²) in [6.07, 6.45) is -4.53. The number of rotatable bonds is 2. The maximum atomic E-state index is 13.0. The summed E-state index contributed by atoms with van der Waals surface area (Å²) in [5.74, 6) is -0.836. The molecular weight excluding hydrogens is 405 g/mol. The van der Waals surface area contributed by atoms with Gasteiger partial charge in [-0.1, -0.05) is 29.5 Å². The van der Waals surface area contributed by atoms with E-state index in [-0.39, 0.29) is 22.3 Å². The van der Waals surface area contributed by atoms with Crippen LogP contribution in [0.2, 0.25) is 0 Å². The number of thioether (sulfide) groups is 1. The lowest BCUT2D eigenvalue weighted by atomic mass is 10.1. The van der Waals surface area contributed by atoms with Crippen LogP contribution in [-0.4, -0.2) is 28.4 Å². The predicted octanol–water partition coefficient (Wildman–Crippen LogP) is 3.81. The van der Waals surface area contributed by atoms with Gasteiger partial charge in [0.2, 0.25) is 5.91 Å². The van der Waals surface area contributed by atoms with Crippen molar-refractivity contribution in [2.24, 2.45) is 10.2 Å². The lowest BCUT2D eigenvalue weighted by Crippen LogP contribution is -2.29. The number of nitrogens with one attached hydrogen (secondary N) is 1. The van der Waals surface area contributed by atoms with Crippen LogP contribution in [0.5, 0.6) is 0 Å². The molecule has 1 N–H and O–H groups in total. The molecule has 0 spiro atoms. The van der Waals surface area contributed by atoms with Gasteiger partial charge >= 0.3 is 6.18 Å². The van der Waals surface area contributed by atoms with Crippen LogP contribution in [0.3, 0.4) is 0 Å². The predicted molar refractivity (Wildman–Crippen MR) is 105 cm³/mol. The lowest BCUT2D eigenvalue weighted by molar-refractivity contribution is -0.137. The minimum atomic E-state index is -4.53. The topological polar surface area (TPSA) is 74.1 Å². The van der Waals surface area contributed by atoms with Gasteiger partial charge in [-0.15, -0.1) is 10.2 Å². The number of alkyl halides is 3. The zero-order chi connectivity index (χ0) is 20.8. The van der Waals surface area contributed by atoms with Crippen molar-refractivity contribution in [1.82, 2.24) is 0 Å². The number of amides is 2. The van der Waals surface area contributed by atoms with Crippen LogP contribution in [0.1, 0.15) is 16.7 Å². The number of carbonyl (C=O) groups excluding carboxylic acids is 2. The van der Waals surface area contributed by atoms with Crippen LogP contribution >= 0.6 is 11.8 Å². The van der Waals surface area contributed by atoms with Crippen LogP contribution in [-0.2, 0) is 15.8 Å². The summed E-state index contributed by atoms with van der Waals surface area (Å²) in [4.78, 5) is 25.5. The Kier molecular flexibility index (Phi) is 4.65. The van der Waals surface area contributed by atoms with Gasteiger partial charge in [0.05, 0.1) is 22.7 Å². The molecule has 1 saturated heterocycles. The standard InChI is InChI=1S/C19H13F3N4O2S/c1-10-5-6-14-13(7-10)16(17(28)23-14)24-25-18-26(15(27)9-29-18)12-4-2-3-11(8-12)19(20,21)22/h2-8H,9H2,1H3,(H,23,24,28). The van der Waals surface area contributed by atoms with Crippen molar-refractivity contribution in [2.45, 2.75) is 13.1 Å². The maximum absolute atomic E-state index is 13.0. The monoisotopic (exact) mass is 418 g/mol. The molecule has 29 heavy (non-hydrogen) atoms. The Labute approximate surface area is 167 Å². The molecule has 10 heteroatoms. The molecule has 0 radical (unpaired) electrons. The molecule has 2 aromatic rings. The van der Waals surface area contributed by atoms with Crippen molar-refractivity contribution in [3.63, 3.8) is 0 Å². The molecule has 2 heterocycles. The summed E-state index contributed by atoms with van der Waals surface area (Å²) in [5, 5.41) is 10.8. The maximum Gasteiger partial charge on any atom is 0.416 e. The second-order valence-corrected chi connectivity index (χ2v) is 7.34. The van der Waals surface area contributed by atoms with Crippen LogP contribution in [0, 0.1) is 6.92 Å². The average Bonchev–Trinajstić information content (AvgIpc) is 3.18. The van der Waals surface area contributed by atoms with E-state index in [2.05, 4.69) is 15.5 Å². The fourth-order valence-corrected chi connectivity index (χ4v) is 3.79. The molecule has 6 nitrogen and oxygen atoms in total. The van der Waals surface area contributed by atoms with E-state index < -0.39 is 23.6 Å². The number of halogens is 3. The van der Waals surface area contributed by atoms with E-state index in [0.717, 1.165) is 34.4 Å². The third kappa shape index (κ3) is 3.63. The Morgan fingerprint density at radius 2 is 1.90 bits per heavy atom. The number of amidine groups is 1. The molecule has 2 amide bonds. The first kappa shape index (κ1) is 19.2. The van der Waals surface area contributed by atoms with Crippen molar-refractivity contribution in [3.8, 4) is 0 Å². The molecule has 2 aliphatic heterocycles. The van der Waals surface area contributed by atoms with Crippen LogP contribution in [0.15, 0.2) is 52.7 Å². The second kappa shape index (κ2) is 7.03. The highest BCUT2D eigenvalue weighted by molar-refractivity contribution is 8.15. The highest BCUT2D eigenvalue weighted by atomic mass is 32.2. The first-order valence-electron chi connectivity index (χ1n) is 8.45. The second-order valence-electron chi connectivity index (χ2n) is 6.40. The zero-order valence-corrected chi connectivity index (χ0v) is 15.8. The lowest BCUT2D eigenvalue weighted by Gasteiger charge is -2.17. The number of aryl methyl sites for hydroxylation is 1. The van der Waals surface area contributed by atoms with E-state index in [0.29, 0.717) is 11.3 Å². The third-order valence-electron chi connectivity index (χ3n) is 4.33. The highest BCUT2D eigenvalue weighted by Crippen LogP contribution is 2.34. The molecule has 2 aromatic carbocycles. The highest BCUT2D eigenvalue weighted by Gasteiger charge is 2.34. The fraction of sp³-hybridized carbons (Fsp3) is 0.158. The van der Waals surface area contributed by atoms with Crippen LogP contribution in [0.4, 0.5) is 24.5 Å². The van der Waals surface area contributed by atoms with Gasteiger partial charge < -0.3 is 5.32 Å². The Hall–Kier alpha value is -3.14. The van der Waals surface area contributed by atoms with Gasteiger partial charge in [0.1, 0.15) is 0 Å². The summed E-state index contributed by atoms with van der Waals surface area (Å²) >= 11 is 1.04. The largest absolute Gasteiger partial charge is 0.416 e. The average molecular weight is 418 g/mol. The number of carbonyl (C=O) groups is 2. The number of fused-ring (bicyclic) bond motifs is 1. The SMILES string of the molecule is Cc1ccc2c(c1)C(=NN=C1SCC(=O)N1c1cccc(C(F)(F)F)c1)C(=O)N2. The minimum absolute atomic E-state index is 0.0157. The summed E-state index contributed by atoms with van der Waals surface area (Å²) in [5.41, 5.74) is 1.37. The number of hydrogen-bond donors (Lipinski definition) is 1. The van der Waals surface area contributed by atoms with Crippen molar-refractivity contribution in [3.05, 3.63) is 59.2 Å². The van der Waals surface area contributed by atoms with E-state index in [1.807, 2.05) is 13.0 Å². The number of benzene rings is 2. The molecule has 0 unspecified atom stereocenters. The summed E-state index contributed by atoms with van der Waals surface area (Å²) in [7, 11) is 0. The van der Waals surface area contributed by atoms with Gasteiger partial charge in [0.25, 0.3) is 5.91 Å². The Morgan fingerprint density at radius 3 is 2.66 bits per heavy atom. The minimum Gasteiger partial charge on any atom is -0.320 e. The van der Waals surface area contributed by atoms with E-state index in [1.54, 1.807) is 12.1 Å². The molecule has 0 bridgehead atoms. The molecule has 1 fully saturated rings. The first-order chi connectivity index (χ1) is 13.7. The Bertz CT molecular complexity index is 1100. The Balaban J connectivity index is 1.71. The molecular formula is C19H13F3N4O2S. The van der Waals surface area contributed by atoms with Gasteiger partial charge in [-0.05, 0) is 37.3 Å². The molecule has 4 rings (SSSR count). The van der Waals surface area contributed by atoms with Gasteiger partial charge in [0, 0.05) is 5.56 Å². The molecule has 0 aromatic heterocycles.